The van der Waals surface area contributed by atoms with E-state index in [1.807, 2.05) is 62.4 Å². The molecule has 0 aliphatic heterocycles. The Balaban J connectivity index is 1.49. The molecule has 0 saturated carbocycles. The maximum Gasteiger partial charge on any atom is 0.234 e. The number of carbonyl (C=O) groups is 1. The van der Waals surface area contributed by atoms with Gasteiger partial charge in [-0.25, -0.2) is 9.97 Å². The summed E-state index contributed by atoms with van der Waals surface area (Å²) in [6.45, 7) is 4.45. The molecule has 2 aromatic heterocycles. The molecule has 0 unspecified atom stereocenters. The molecule has 0 atom stereocenters. The predicted octanol–water partition coefficient (Wildman–Crippen LogP) is 3.65. The number of carbonyl (C=O) groups excluding carboxylic acids is 1. The van der Waals surface area contributed by atoms with Crippen LogP contribution >= 0.6 is 11.8 Å². The summed E-state index contributed by atoms with van der Waals surface area (Å²) in [5.74, 6) is 0.651. The summed E-state index contributed by atoms with van der Waals surface area (Å²) >= 11 is 1.29. The van der Waals surface area contributed by atoms with E-state index in [1.54, 1.807) is 4.68 Å². The van der Waals surface area contributed by atoms with Crippen LogP contribution in [0, 0.1) is 6.92 Å². The summed E-state index contributed by atoms with van der Waals surface area (Å²) in [5.41, 5.74) is 3.82. The van der Waals surface area contributed by atoms with Crippen LogP contribution in [0.5, 0.6) is 5.75 Å². The smallest absolute Gasteiger partial charge is 0.234 e. The minimum absolute atomic E-state index is 0.162. The molecule has 1 N–H and O–H groups in total. The van der Waals surface area contributed by atoms with Crippen molar-refractivity contribution in [1.29, 1.82) is 0 Å². The number of benzene rings is 2. The topological polar surface area (TPSA) is 94.8 Å². The van der Waals surface area contributed by atoms with Crippen molar-refractivity contribution in [2.24, 2.45) is 0 Å². The second-order valence-electron chi connectivity index (χ2n) is 6.45. The molecule has 0 fully saturated rings. The fraction of sp³-hybridized carbons (Fsp3) is 0.190. The first-order valence-corrected chi connectivity index (χ1v) is 10.4. The number of para-hydroxylation sites is 2. The molecule has 0 aliphatic rings. The maximum atomic E-state index is 12.5. The van der Waals surface area contributed by atoms with Gasteiger partial charge in [0.05, 0.1) is 23.7 Å². The van der Waals surface area contributed by atoms with E-state index in [0.29, 0.717) is 34.2 Å². The lowest BCUT2D eigenvalue weighted by atomic mass is 10.2. The lowest BCUT2D eigenvalue weighted by molar-refractivity contribution is -0.113. The van der Waals surface area contributed by atoms with Crippen LogP contribution in [0.1, 0.15) is 12.5 Å². The van der Waals surface area contributed by atoms with Gasteiger partial charge < -0.3 is 10.1 Å². The van der Waals surface area contributed by atoms with Crippen LogP contribution in [-0.4, -0.2) is 43.2 Å². The number of hydrogen-bond donors (Lipinski definition) is 1. The number of aryl methyl sites for hydroxylation is 1. The maximum absolute atomic E-state index is 12.5. The first-order chi connectivity index (χ1) is 14.7. The first-order valence-electron chi connectivity index (χ1n) is 9.43. The third-order valence-electron chi connectivity index (χ3n) is 4.28. The molecule has 0 bridgehead atoms. The van der Waals surface area contributed by atoms with Crippen LogP contribution in [-0.2, 0) is 4.79 Å². The number of anilines is 1. The monoisotopic (exact) mass is 420 g/mol. The highest BCUT2D eigenvalue weighted by Crippen LogP contribution is 2.26. The van der Waals surface area contributed by atoms with Crippen LogP contribution < -0.4 is 10.1 Å². The number of aromatic nitrogens is 5. The van der Waals surface area contributed by atoms with Crippen molar-refractivity contribution in [3.63, 3.8) is 0 Å². The molecule has 152 valence electrons. The van der Waals surface area contributed by atoms with Gasteiger partial charge in [-0.15, -0.1) is 5.10 Å². The summed E-state index contributed by atoms with van der Waals surface area (Å²) in [5, 5.41) is 11.9. The van der Waals surface area contributed by atoms with E-state index in [-0.39, 0.29) is 11.7 Å². The molecule has 1 amide bonds. The molecule has 2 heterocycles. The second-order valence-corrected chi connectivity index (χ2v) is 7.42. The summed E-state index contributed by atoms with van der Waals surface area (Å²) in [7, 11) is 0. The molecule has 0 saturated heterocycles. The van der Waals surface area contributed by atoms with Gasteiger partial charge in [0.2, 0.25) is 5.91 Å². The molecule has 9 heteroatoms. The van der Waals surface area contributed by atoms with Crippen molar-refractivity contribution in [2.75, 3.05) is 17.7 Å². The highest BCUT2D eigenvalue weighted by Gasteiger charge is 2.15. The number of fused-ring (bicyclic) bond motifs is 1. The third kappa shape index (κ3) is 4.25. The molecular weight excluding hydrogens is 400 g/mol. The standard InChI is InChI=1S/C21H20N6O2S/c1-3-29-17-7-5-4-6-16(17)24-18(28)12-30-21-19-20(22-13-23-21)27(26-25-19)15-10-8-14(2)9-11-15/h4-11,13H,3,12H2,1-2H3,(H,24,28). The van der Waals surface area contributed by atoms with E-state index in [9.17, 15) is 4.79 Å². The van der Waals surface area contributed by atoms with E-state index in [2.05, 4.69) is 25.6 Å². The largest absolute Gasteiger partial charge is 0.492 e. The van der Waals surface area contributed by atoms with Crippen molar-refractivity contribution in [3.8, 4) is 11.4 Å². The minimum atomic E-state index is -0.162. The summed E-state index contributed by atoms with van der Waals surface area (Å²) < 4.78 is 7.21. The van der Waals surface area contributed by atoms with Gasteiger partial charge in [-0.1, -0.05) is 46.8 Å². The summed E-state index contributed by atoms with van der Waals surface area (Å²) in [4.78, 5) is 21.1. The fourth-order valence-electron chi connectivity index (χ4n) is 2.87. The van der Waals surface area contributed by atoms with E-state index >= 15 is 0 Å². The quantitative estimate of drug-likeness (QED) is 0.360. The van der Waals surface area contributed by atoms with E-state index < -0.39 is 0 Å². The predicted molar refractivity (Wildman–Crippen MR) is 116 cm³/mol. The Morgan fingerprint density at radius 3 is 2.73 bits per heavy atom. The zero-order chi connectivity index (χ0) is 20.9. The van der Waals surface area contributed by atoms with Crippen LogP contribution in [0.15, 0.2) is 59.9 Å². The number of nitrogens with one attached hydrogen (secondary N) is 1. The van der Waals surface area contributed by atoms with Crippen molar-refractivity contribution in [3.05, 3.63) is 60.4 Å². The number of hydrogen-bond acceptors (Lipinski definition) is 7. The van der Waals surface area contributed by atoms with E-state index in [0.717, 1.165) is 11.3 Å². The van der Waals surface area contributed by atoms with E-state index in [1.165, 1.54) is 18.1 Å². The lowest BCUT2D eigenvalue weighted by Crippen LogP contribution is -2.15. The molecule has 0 aliphatic carbocycles. The molecule has 2 aromatic carbocycles. The summed E-state index contributed by atoms with van der Waals surface area (Å²) in [6, 6.07) is 15.3. The molecule has 4 aromatic rings. The normalized spacial score (nSPS) is 10.9. The molecule has 0 spiro atoms. The molecule has 8 nitrogen and oxygen atoms in total. The van der Waals surface area contributed by atoms with Crippen LogP contribution in [0.4, 0.5) is 5.69 Å². The molecule has 30 heavy (non-hydrogen) atoms. The Labute approximate surface area is 177 Å². The zero-order valence-electron chi connectivity index (χ0n) is 16.6. The Bertz CT molecular complexity index is 1180. The van der Waals surface area contributed by atoms with Gasteiger partial charge >= 0.3 is 0 Å². The number of nitrogens with zero attached hydrogens (tertiary/aromatic N) is 5. The summed E-state index contributed by atoms with van der Waals surface area (Å²) in [6.07, 6.45) is 1.46. The average molecular weight is 420 g/mol. The van der Waals surface area contributed by atoms with Gasteiger partial charge in [-0.3, -0.25) is 4.79 Å². The zero-order valence-corrected chi connectivity index (χ0v) is 17.4. The van der Waals surface area contributed by atoms with Crippen molar-refractivity contribution >= 4 is 34.5 Å². The van der Waals surface area contributed by atoms with Crippen LogP contribution in [0.25, 0.3) is 16.9 Å². The van der Waals surface area contributed by atoms with Gasteiger partial charge in [0, 0.05) is 0 Å². The number of rotatable bonds is 7. The molecule has 4 rings (SSSR count). The number of thioether (sulfide) groups is 1. The lowest BCUT2D eigenvalue weighted by Gasteiger charge is -2.11. The van der Waals surface area contributed by atoms with Crippen LogP contribution in [0.2, 0.25) is 0 Å². The highest BCUT2D eigenvalue weighted by atomic mass is 32.2. The highest BCUT2D eigenvalue weighted by molar-refractivity contribution is 8.00. The van der Waals surface area contributed by atoms with Gasteiger partial charge in [0.1, 0.15) is 17.1 Å². The minimum Gasteiger partial charge on any atom is -0.492 e. The van der Waals surface area contributed by atoms with Gasteiger partial charge in [0.15, 0.2) is 11.2 Å². The van der Waals surface area contributed by atoms with Crippen LogP contribution in [0.3, 0.4) is 0 Å². The molecule has 0 radical (unpaired) electrons. The fourth-order valence-corrected chi connectivity index (χ4v) is 3.60. The number of amides is 1. The Morgan fingerprint density at radius 2 is 1.93 bits per heavy atom. The Morgan fingerprint density at radius 1 is 1.13 bits per heavy atom. The van der Waals surface area contributed by atoms with Gasteiger partial charge in [-0.2, -0.15) is 4.68 Å². The van der Waals surface area contributed by atoms with Gasteiger partial charge in [-0.05, 0) is 38.1 Å². The molecular formula is C21H20N6O2S. The third-order valence-corrected chi connectivity index (χ3v) is 5.26. The van der Waals surface area contributed by atoms with Gasteiger partial charge in [0.25, 0.3) is 0 Å². The van der Waals surface area contributed by atoms with Crippen molar-refractivity contribution in [2.45, 2.75) is 18.9 Å². The van der Waals surface area contributed by atoms with Crippen molar-refractivity contribution in [1.82, 2.24) is 25.0 Å². The van der Waals surface area contributed by atoms with Crippen molar-refractivity contribution < 1.29 is 9.53 Å². The Hall–Kier alpha value is -3.46. The Kier molecular flexibility index (Phi) is 5.89. The second kappa shape index (κ2) is 8.91. The average Bonchev–Trinajstić information content (AvgIpc) is 3.19. The SMILES string of the molecule is CCOc1ccccc1NC(=O)CSc1ncnc2c1nnn2-c1ccc(C)cc1. The number of ether oxygens (including phenoxy) is 1. The first kappa shape index (κ1) is 19.8. The van der Waals surface area contributed by atoms with E-state index in [4.69, 9.17) is 4.74 Å².